The van der Waals surface area contributed by atoms with Crippen molar-refractivity contribution in [2.45, 2.75) is 17.7 Å². The third-order valence-corrected chi connectivity index (χ3v) is 5.36. The lowest BCUT2D eigenvalue weighted by molar-refractivity contribution is 0.0565. The van der Waals surface area contributed by atoms with Crippen LogP contribution in [0.4, 0.5) is 0 Å². The monoisotopic (exact) mass is 365 g/mol. The van der Waals surface area contributed by atoms with Gasteiger partial charge in [0.2, 0.25) is 11.7 Å². The molecule has 1 fully saturated rings. The average molecular weight is 365 g/mol. The molecule has 1 aliphatic heterocycles. The Morgan fingerprint density at radius 2 is 1.88 bits per heavy atom. The topological polar surface area (TPSA) is 59.2 Å². The molecule has 3 aromatic rings. The van der Waals surface area contributed by atoms with E-state index in [0.717, 1.165) is 21.8 Å². The van der Waals surface area contributed by atoms with Crippen molar-refractivity contribution in [2.75, 3.05) is 18.8 Å². The molecule has 0 saturated carbocycles. The highest BCUT2D eigenvalue weighted by Crippen LogP contribution is 2.31. The predicted molar refractivity (Wildman–Crippen MR) is 101 cm³/mol. The van der Waals surface area contributed by atoms with E-state index in [1.165, 1.54) is 0 Å². The number of likely N-dealkylation sites (tertiary alicyclic amines) is 1. The molecule has 1 aromatic heterocycles. The molecule has 26 heavy (non-hydrogen) atoms. The van der Waals surface area contributed by atoms with Gasteiger partial charge in [0.1, 0.15) is 0 Å². The molecule has 1 amide bonds. The molecule has 0 atom stereocenters. The van der Waals surface area contributed by atoms with E-state index in [-0.39, 0.29) is 11.8 Å². The fraction of sp³-hybridized carbons (Fsp3) is 0.250. The molecule has 0 bridgehead atoms. The van der Waals surface area contributed by atoms with E-state index in [1.807, 2.05) is 59.5 Å². The summed E-state index contributed by atoms with van der Waals surface area (Å²) in [5.41, 5.74) is 1.70. The first-order valence-electron chi connectivity index (χ1n) is 8.66. The third-order valence-electron chi connectivity index (χ3n) is 4.41. The minimum absolute atomic E-state index is 0.0700. The highest BCUT2D eigenvalue weighted by atomic mass is 32.2. The summed E-state index contributed by atoms with van der Waals surface area (Å²) < 4.78 is 5.42. The minimum Gasteiger partial charge on any atom is -0.339 e. The number of aromatic nitrogens is 2. The van der Waals surface area contributed by atoms with E-state index >= 15 is 0 Å². The zero-order chi connectivity index (χ0) is 17.9. The van der Waals surface area contributed by atoms with Crippen LogP contribution in [0.25, 0.3) is 11.4 Å². The number of rotatable bonds is 5. The van der Waals surface area contributed by atoms with Gasteiger partial charge < -0.3 is 9.42 Å². The normalized spacial score (nSPS) is 14.3. The molecule has 6 heteroatoms. The van der Waals surface area contributed by atoms with Crippen molar-refractivity contribution in [3.8, 4) is 11.4 Å². The second-order valence-electron chi connectivity index (χ2n) is 6.16. The zero-order valence-electron chi connectivity index (χ0n) is 14.5. The van der Waals surface area contributed by atoms with E-state index in [4.69, 9.17) is 4.52 Å². The summed E-state index contributed by atoms with van der Waals surface area (Å²) in [6, 6.07) is 17.5. The first-order chi connectivity index (χ1) is 12.8. The van der Waals surface area contributed by atoms with E-state index in [0.29, 0.717) is 24.8 Å². The van der Waals surface area contributed by atoms with Gasteiger partial charge in [0.25, 0.3) is 5.91 Å². The van der Waals surface area contributed by atoms with Crippen LogP contribution in [0.5, 0.6) is 0 Å². The quantitative estimate of drug-likeness (QED) is 0.638. The van der Waals surface area contributed by atoms with Gasteiger partial charge in [0.05, 0.1) is 11.5 Å². The van der Waals surface area contributed by atoms with Crippen LogP contribution >= 0.6 is 11.8 Å². The molecular formula is C20H19N3O2S. The maximum Gasteiger partial charge on any atom is 0.255 e. The molecule has 2 heterocycles. The maximum absolute atomic E-state index is 12.8. The second kappa shape index (κ2) is 7.33. The number of carbonyl (C=O) groups is 1. The molecule has 0 radical (unpaired) electrons. The first-order valence-corrected chi connectivity index (χ1v) is 9.65. The highest BCUT2D eigenvalue weighted by molar-refractivity contribution is 7.99. The Morgan fingerprint density at radius 3 is 2.65 bits per heavy atom. The van der Waals surface area contributed by atoms with Gasteiger partial charge in [-0.05, 0) is 17.9 Å². The summed E-state index contributed by atoms with van der Waals surface area (Å²) >= 11 is 1.69. The molecule has 132 valence electrons. The van der Waals surface area contributed by atoms with Crippen LogP contribution in [-0.2, 0) is 0 Å². The Hall–Kier alpha value is -2.60. The number of amides is 1. The minimum atomic E-state index is 0.0700. The summed E-state index contributed by atoms with van der Waals surface area (Å²) in [6.07, 6.45) is 0. The molecule has 0 N–H and O–H groups in total. The molecular weight excluding hydrogens is 346 g/mol. The van der Waals surface area contributed by atoms with Crippen molar-refractivity contribution in [1.29, 1.82) is 0 Å². The number of carbonyl (C=O) groups excluding carboxylic acids is 1. The van der Waals surface area contributed by atoms with Crippen LogP contribution in [0.1, 0.15) is 29.1 Å². The molecule has 2 aromatic carbocycles. The van der Waals surface area contributed by atoms with Crippen LogP contribution in [0.2, 0.25) is 0 Å². The molecule has 0 unspecified atom stereocenters. The van der Waals surface area contributed by atoms with Gasteiger partial charge in [0.15, 0.2) is 0 Å². The van der Waals surface area contributed by atoms with Crippen molar-refractivity contribution >= 4 is 17.7 Å². The molecule has 5 nitrogen and oxygen atoms in total. The third kappa shape index (κ3) is 3.24. The summed E-state index contributed by atoms with van der Waals surface area (Å²) in [7, 11) is 0. The summed E-state index contributed by atoms with van der Waals surface area (Å²) in [5, 5.41) is 4.06. The van der Waals surface area contributed by atoms with E-state index in [1.54, 1.807) is 11.8 Å². The van der Waals surface area contributed by atoms with E-state index < -0.39 is 0 Å². The van der Waals surface area contributed by atoms with Crippen LogP contribution in [0.15, 0.2) is 64.0 Å². The smallest absolute Gasteiger partial charge is 0.255 e. The van der Waals surface area contributed by atoms with Gasteiger partial charge in [-0.3, -0.25) is 4.79 Å². The van der Waals surface area contributed by atoms with Gasteiger partial charge >= 0.3 is 0 Å². The van der Waals surface area contributed by atoms with Crippen LogP contribution in [0.3, 0.4) is 0 Å². The van der Waals surface area contributed by atoms with E-state index in [9.17, 15) is 4.79 Å². The van der Waals surface area contributed by atoms with Gasteiger partial charge in [-0.25, -0.2) is 0 Å². The molecule has 4 rings (SSSR count). The number of benzene rings is 2. The molecule has 0 spiro atoms. The van der Waals surface area contributed by atoms with Crippen molar-refractivity contribution in [3.63, 3.8) is 0 Å². The highest BCUT2D eigenvalue weighted by Gasteiger charge is 2.36. The Kier molecular flexibility index (Phi) is 4.75. The maximum atomic E-state index is 12.8. The van der Waals surface area contributed by atoms with Gasteiger partial charge in [-0.1, -0.05) is 54.5 Å². The summed E-state index contributed by atoms with van der Waals surface area (Å²) in [5.74, 6) is 2.31. The van der Waals surface area contributed by atoms with E-state index in [2.05, 4.69) is 17.1 Å². The number of hydrogen-bond acceptors (Lipinski definition) is 5. The molecule has 1 saturated heterocycles. The Bertz CT molecular complexity index is 904. The Morgan fingerprint density at radius 1 is 1.15 bits per heavy atom. The van der Waals surface area contributed by atoms with Crippen LogP contribution < -0.4 is 0 Å². The molecule has 0 aliphatic carbocycles. The summed E-state index contributed by atoms with van der Waals surface area (Å²) in [6.45, 7) is 3.31. The largest absolute Gasteiger partial charge is 0.339 e. The second-order valence-corrected chi connectivity index (χ2v) is 7.46. The zero-order valence-corrected chi connectivity index (χ0v) is 15.3. The fourth-order valence-electron chi connectivity index (χ4n) is 3.00. The Balaban J connectivity index is 1.43. The van der Waals surface area contributed by atoms with Crippen LogP contribution in [0, 0.1) is 0 Å². The number of hydrogen-bond donors (Lipinski definition) is 0. The lowest BCUT2D eigenvalue weighted by Gasteiger charge is -2.37. The first kappa shape index (κ1) is 16.8. The van der Waals surface area contributed by atoms with Gasteiger partial charge in [-0.15, -0.1) is 11.8 Å². The average Bonchev–Trinajstić information content (AvgIpc) is 3.11. The number of nitrogens with zero attached hydrogens (tertiary/aromatic N) is 3. The summed E-state index contributed by atoms with van der Waals surface area (Å²) in [4.78, 5) is 20.1. The van der Waals surface area contributed by atoms with Crippen molar-refractivity contribution < 1.29 is 9.32 Å². The van der Waals surface area contributed by atoms with Crippen molar-refractivity contribution in [2.24, 2.45) is 0 Å². The number of thioether (sulfide) groups is 1. The lowest BCUT2D eigenvalue weighted by atomic mass is 9.98. The van der Waals surface area contributed by atoms with Gasteiger partial charge in [0, 0.05) is 23.5 Å². The predicted octanol–water partition coefficient (Wildman–Crippen LogP) is 4.09. The SMILES string of the molecule is CCSc1ccccc1C(=O)N1CC(c2nc(-c3ccccc3)no2)C1. The van der Waals surface area contributed by atoms with Gasteiger partial charge in [-0.2, -0.15) is 4.98 Å². The van der Waals surface area contributed by atoms with Crippen molar-refractivity contribution in [3.05, 3.63) is 66.1 Å². The standard InChI is InChI=1S/C20H19N3O2S/c1-2-26-17-11-7-6-10-16(17)20(24)23-12-15(13-23)19-21-18(22-25-19)14-8-4-3-5-9-14/h3-11,15H,2,12-13H2,1H3. The Labute approximate surface area is 156 Å². The molecule has 1 aliphatic rings. The lowest BCUT2D eigenvalue weighted by Crippen LogP contribution is -2.48. The fourth-order valence-corrected chi connectivity index (χ4v) is 3.80. The van der Waals surface area contributed by atoms with Crippen LogP contribution in [-0.4, -0.2) is 39.8 Å². The van der Waals surface area contributed by atoms with Crippen molar-refractivity contribution in [1.82, 2.24) is 15.0 Å².